The van der Waals surface area contributed by atoms with Crippen molar-refractivity contribution < 1.29 is 4.42 Å². The van der Waals surface area contributed by atoms with Gasteiger partial charge < -0.3 is 13.9 Å². The van der Waals surface area contributed by atoms with Crippen molar-refractivity contribution in [2.75, 3.05) is 4.90 Å². The Kier molecular flexibility index (Phi) is 8.75. The summed E-state index contributed by atoms with van der Waals surface area (Å²) < 4.78 is 9.37. The van der Waals surface area contributed by atoms with Crippen molar-refractivity contribution in [2.45, 2.75) is 5.41 Å². The molecule has 310 valence electrons. The third kappa shape index (κ3) is 5.77. The Bertz CT molecular complexity index is 3710. The van der Waals surface area contributed by atoms with Gasteiger partial charge in [0.05, 0.1) is 10.9 Å². The second-order valence-corrected chi connectivity index (χ2v) is 17.2. The van der Waals surface area contributed by atoms with Crippen LogP contribution in [0.5, 0.6) is 0 Å². The molecule has 1 aliphatic carbocycles. The summed E-state index contributed by atoms with van der Waals surface area (Å²) in [4.78, 5) is 2.41. The van der Waals surface area contributed by atoms with E-state index in [4.69, 9.17) is 4.42 Å². The van der Waals surface area contributed by atoms with E-state index < -0.39 is 5.41 Å². The van der Waals surface area contributed by atoms with Crippen molar-refractivity contribution in [2.24, 2.45) is 0 Å². The molecule has 1 aliphatic rings. The molecule has 0 fully saturated rings. The van der Waals surface area contributed by atoms with Crippen LogP contribution in [0.25, 0.3) is 72.0 Å². The zero-order valence-electron chi connectivity index (χ0n) is 36.1. The number of fused-ring (bicyclic) bond motifs is 8. The maximum absolute atomic E-state index is 7.03. The van der Waals surface area contributed by atoms with Gasteiger partial charge in [0.25, 0.3) is 0 Å². The molecule has 2 aromatic heterocycles. The predicted octanol–water partition coefficient (Wildman–Crippen LogP) is 16.7. The Labute approximate surface area is 383 Å². The van der Waals surface area contributed by atoms with Gasteiger partial charge in [0.1, 0.15) is 11.1 Å². The first-order valence-electron chi connectivity index (χ1n) is 22.7. The molecule has 0 amide bonds. The van der Waals surface area contributed by atoms with Crippen molar-refractivity contribution in [3.63, 3.8) is 0 Å². The number of hydrogen-bond donors (Lipinski definition) is 0. The lowest BCUT2D eigenvalue weighted by atomic mass is 9.67. The van der Waals surface area contributed by atoms with E-state index in [0.29, 0.717) is 0 Å². The Morgan fingerprint density at radius 3 is 1.62 bits per heavy atom. The first-order valence-corrected chi connectivity index (χ1v) is 22.7. The molecule has 13 rings (SSSR count). The maximum Gasteiger partial charge on any atom is 0.161 e. The minimum atomic E-state index is -0.531. The first kappa shape index (κ1) is 37.9. The van der Waals surface area contributed by atoms with E-state index in [-0.39, 0.29) is 0 Å². The number of rotatable bonds is 8. The number of para-hydroxylation sites is 3. The van der Waals surface area contributed by atoms with E-state index in [9.17, 15) is 0 Å². The summed E-state index contributed by atoms with van der Waals surface area (Å²) >= 11 is 0. The summed E-state index contributed by atoms with van der Waals surface area (Å²) in [6, 6.07) is 92.3. The van der Waals surface area contributed by atoms with Crippen LogP contribution in [0.15, 0.2) is 259 Å². The van der Waals surface area contributed by atoms with Gasteiger partial charge in [-0.3, -0.25) is 0 Å². The summed E-state index contributed by atoms with van der Waals surface area (Å²) in [7, 11) is 0. The van der Waals surface area contributed by atoms with Gasteiger partial charge in [0.2, 0.25) is 0 Å². The molecule has 3 heteroatoms. The molecule has 0 spiro atoms. The molecule has 3 nitrogen and oxygen atoms in total. The van der Waals surface area contributed by atoms with E-state index >= 15 is 0 Å². The van der Waals surface area contributed by atoms with E-state index in [0.717, 1.165) is 66.8 Å². The molecule has 0 aliphatic heterocycles. The van der Waals surface area contributed by atoms with Crippen molar-refractivity contribution in [1.82, 2.24) is 4.57 Å². The standard InChI is InChI=1S/C63H42N2O/c1-4-19-43(20-5-1)44-37-39-49(40-38-44)64(51-28-17-24-47(42-51)63(46-22-6-2-7-23-46)57-34-13-10-29-53(57)54-30-11-14-35-58(54)63)50-27-16-21-45(41-50)52-32-18-33-56-60-62(66-61(52)56)55-31-12-15-36-59(55)65(60)48-25-8-3-9-26-48/h1-42H. The molecule has 0 radical (unpaired) electrons. The second-order valence-electron chi connectivity index (χ2n) is 17.2. The minimum Gasteiger partial charge on any atom is -0.453 e. The molecule has 0 saturated carbocycles. The van der Waals surface area contributed by atoms with Crippen LogP contribution in [0.2, 0.25) is 0 Å². The van der Waals surface area contributed by atoms with Crippen molar-refractivity contribution in [3.8, 4) is 39.1 Å². The fourth-order valence-corrected chi connectivity index (χ4v) is 10.8. The SMILES string of the molecule is c1ccc(-c2ccc(N(c3cccc(-c4cccc5c4oc4c6ccccc6n(-c6ccccc6)c54)c3)c3cccc(C4(c5ccccc5)c5ccccc5-c5ccccc54)c3)cc2)cc1. The van der Waals surface area contributed by atoms with Crippen LogP contribution in [-0.2, 0) is 5.41 Å². The Hall–Kier alpha value is -8.66. The molecule has 10 aromatic carbocycles. The Balaban J connectivity index is 1.01. The lowest BCUT2D eigenvalue weighted by Crippen LogP contribution is -2.28. The number of aromatic nitrogens is 1. The van der Waals surface area contributed by atoms with Gasteiger partial charge in [-0.2, -0.15) is 0 Å². The highest BCUT2D eigenvalue weighted by atomic mass is 16.3. The summed E-state index contributed by atoms with van der Waals surface area (Å²) in [5, 5.41) is 2.18. The van der Waals surface area contributed by atoms with E-state index in [1.807, 2.05) is 0 Å². The van der Waals surface area contributed by atoms with Crippen molar-refractivity contribution >= 4 is 50.0 Å². The fourth-order valence-electron chi connectivity index (χ4n) is 10.8. The van der Waals surface area contributed by atoms with E-state index in [1.165, 1.54) is 44.5 Å². The molecule has 66 heavy (non-hydrogen) atoms. The van der Waals surface area contributed by atoms with Crippen LogP contribution in [0.1, 0.15) is 22.3 Å². The largest absolute Gasteiger partial charge is 0.453 e. The molecular weight excluding hydrogens is 801 g/mol. The average Bonchev–Trinajstić information content (AvgIpc) is 4.04. The molecule has 0 unspecified atom stereocenters. The highest BCUT2D eigenvalue weighted by molar-refractivity contribution is 6.18. The quantitative estimate of drug-likeness (QED) is 0.152. The smallest absolute Gasteiger partial charge is 0.161 e. The molecule has 12 aromatic rings. The number of nitrogens with zero attached hydrogens (tertiary/aromatic N) is 2. The van der Waals surface area contributed by atoms with Crippen molar-refractivity contribution in [1.29, 1.82) is 0 Å². The third-order valence-corrected chi connectivity index (χ3v) is 13.7. The average molecular weight is 843 g/mol. The zero-order valence-corrected chi connectivity index (χ0v) is 36.1. The summed E-state index contributed by atoms with van der Waals surface area (Å²) in [6.45, 7) is 0. The van der Waals surface area contributed by atoms with E-state index in [2.05, 4.69) is 264 Å². The summed E-state index contributed by atoms with van der Waals surface area (Å²) in [6.07, 6.45) is 0. The Morgan fingerprint density at radius 2 is 0.879 bits per heavy atom. The lowest BCUT2D eigenvalue weighted by molar-refractivity contribution is 0.674. The minimum absolute atomic E-state index is 0.531. The fraction of sp³-hybridized carbons (Fsp3) is 0.0159. The molecule has 2 heterocycles. The molecule has 0 saturated heterocycles. The van der Waals surface area contributed by atoms with Gasteiger partial charge in [-0.15, -0.1) is 0 Å². The van der Waals surface area contributed by atoms with Gasteiger partial charge >= 0.3 is 0 Å². The molecule has 0 bridgehead atoms. The van der Waals surface area contributed by atoms with Gasteiger partial charge in [-0.1, -0.05) is 188 Å². The Morgan fingerprint density at radius 1 is 0.348 bits per heavy atom. The zero-order chi connectivity index (χ0) is 43.6. The van der Waals surface area contributed by atoms with E-state index in [1.54, 1.807) is 0 Å². The van der Waals surface area contributed by atoms with Gasteiger partial charge in [-0.05, 0) is 117 Å². The van der Waals surface area contributed by atoms with Crippen molar-refractivity contribution in [3.05, 3.63) is 277 Å². The molecule has 0 atom stereocenters. The first-order chi connectivity index (χ1) is 32.8. The summed E-state index contributed by atoms with van der Waals surface area (Å²) in [5.41, 5.74) is 19.8. The third-order valence-electron chi connectivity index (χ3n) is 13.7. The predicted molar refractivity (Wildman–Crippen MR) is 273 cm³/mol. The topological polar surface area (TPSA) is 21.3 Å². The lowest BCUT2D eigenvalue weighted by Gasteiger charge is -2.35. The number of hydrogen-bond acceptors (Lipinski definition) is 2. The van der Waals surface area contributed by atoms with Crippen LogP contribution >= 0.6 is 0 Å². The second kappa shape index (κ2) is 15.3. The monoisotopic (exact) mass is 842 g/mol. The maximum atomic E-state index is 7.03. The van der Waals surface area contributed by atoms with Crippen LogP contribution in [0, 0.1) is 0 Å². The summed E-state index contributed by atoms with van der Waals surface area (Å²) in [5.74, 6) is 0. The molecular formula is C63H42N2O. The van der Waals surface area contributed by atoms with Gasteiger partial charge in [0.15, 0.2) is 5.58 Å². The van der Waals surface area contributed by atoms with Gasteiger partial charge in [-0.25, -0.2) is 0 Å². The highest BCUT2D eigenvalue weighted by Gasteiger charge is 2.46. The number of benzene rings is 10. The van der Waals surface area contributed by atoms with Gasteiger partial charge in [0, 0.05) is 39.1 Å². The normalized spacial score (nSPS) is 12.7. The highest BCUT2D eigenvalue weighted by Crippen LogP contribution is 2.56. The van der Waals surface area contributed by atoms with Crippen LogP contribution in [0.3, 0.4) is 0 Å². The van der Waals surface area contributed by atoms with Crippen LogP contribution in [-0.4, -0.2) is 4.57 Å². The molecule has 0 N–H and O–H groups in total. The number of furan rings is 1. The number of anilines is 3. The van der Waals surface area contributed by atoms with Crippen LogP contribution in [0.4, 0.5) is 17.1 Å². The van der Waals surface area contributed by atoms with Crippen LogP contribution < -0.4 is 4.90 Å².